The van der Waals surface area contributed by atoms with E-state index < -0.39 is 10.2 Å². The molecule has 0 spiro atoms. The van der Waals surface area contributed by atoms with Crippen LogP contribution in [0.1, 0.15) is 24.2 Å². The number of phenols is 1. The molecule has 1 aliphatic rings. The molecule has 0 aliphatic carbocycles. The van der Waals surface area contributed by atoms with Crippen molar-refractivity contribution in [3.63, 3.8) is 0 Å². The Morgan fingerprint density at radius 1 is 1.21 bits per heavy atom. The number of amidine groups is 2. The van der Waals surface area contributed by atoms with Crippen LogP contribution in [0.4, 0.5) is 5.69 Å². The largest absolute Gasteiger partial charge is 0.505 e. The Morgan fingerprint density at radius 2 is 1.83 bits per heavy atom. The maximum absolute atomic E-state index is 12.0. The monoisotopic (exact) mass is 353 g/mol. The average Bonchev–Trinajstić information content (AvgIpc) is 2.73. The maximum atomic E-state index is 12.0. The lowest BCUT2D eigenvalue weighted by atomic mass is 10.1. The molecular formula is C14H19N5O4S. The molecular weight excluding hydrogens is 334 g/mol. The Labute approximate surface area is 140 Å². The fourth-order valence-electron chi connectivity index (χ4n) is 1.97. The molecule has 0 saturated heterocycles. The van der Waals surface area contributed by atoms with Crippen molar-refractivity contribution in [1.82, 2.24) is 10.2 Å². The summed E-state index contributed by atoms with van der Waals surface area (Å²) >= 11 is 0. The lowest BCUT2D eigenvalue weighted by Gasteiger charge is -2.16. The number of hydrogen-bond donors (Lipinski definition) is 3. The molecule has 0 radical (unpaired) electrons. The molecule has 1 amide bonds. The number of phenolic OH excluding ortho intramolecular Hbond substituents is 1. The first-order valence-electron chi connectivity index (χ1n) is 7.13. The second-order valence-corrected chi connectivity index (χ2v) is 6.91. The van der Waals surface area contributed by atoms with Crippen molar-refractivity contribution in [2.45, 2.75) is 19.9 Å². The maximum Gasteiger partial charge on any atom is 0.367 e. The summed E-state index contributed by atoms with van der Waals surface area (Å²) in [5.74, 6) is -0.680. The van der Waals surface area contributed by atoms with Crippen LogP contribution < -0.4 is 10.6 Å². The van der Waals surface area contributed by atoms with Gasteiger partial charge >= 0.3 is 10.2 Å². The van der Waals surface area contributed by atoms with Crippen LogP contribution in [0.25, 0.3) is 0 Å². The van der Waals surface area contributed by atoms with E-state index in [0.29, 0.717) is 0 Å². The van der Waals surface area contributed by atoms with Crippen molar-refractivity contribution in [3.8, 4) is 5.75 Å². The zero-order valence-corrected chi connectivity index (χ0v) is 14.5. The second kappa shape index (κ2) is 6.48. The molecule has 1 aromatic rings. The minimum absolute atomic E-state index is 0.0477. The van der Waals surface area contributed by atoms with Crippen LogP contribution in [0.15, 0.2) is 27.0 Å². The molecule has 0 aromatic heterocycles. The van der Waals surface area contributed by atoms with Gasteiger partial charge in [-0.25, -0.2) is 0 Å². The molecule has 10 heteroatoms. The number of amides is 1. The summed E-state index contributed by atoms with van der Waals surface area (Å²) in [5.41, 5.74) is 0.235. The summed E-state index contributed by atoms with van der Waals surface area (Å²) in [7, 11) is -0.844. The van der Waals surface area contributed by atoms with Crippen LogP contribution in [-0.4, -0.2) is 56.1 Å². The second-order valence-electron chi connectivity index (χ2n) is 5.65. The van der Waals surface area contributed by atoms with Gasteiger partial charge in [-0.2, -0.15) is 8.42 Å². The van der Waals surface area contributed by atoms with Crippen LogP contribution in [0.2, 0.25) is 0 Å². The zero-order valence-electron chi connectivity index (χ0n) is 13.7. The molecule has 1 aromatic carbocycles. The van der Waals surface area contributed by atoms with Crippen LogP contribution in [0.3, 0.4) is 0 Å². The third-order valence-corrected chi connectivity index (χ3v) is 3.82. The average molecular weight is 353 g/mol. The van der Waals surface area contributed by atoms with Crippen LogP contribution in [0.5, 0.6) is 5.75 Å². The van der Waals surface area contributed by atoms with E-state index in [2.05, 4.69) is 19.4 Å². The lowest BCUT2D eigenvalue weighted by molar-refractivity contribution is 0.0824. The van der Waals surface area contributed by atoms with Crippen molar-refractivity contribution in [2.75, 3.05) is 19.4 Å². The van der Waals surface area contributed by atoms with Crippen molar-refractivity contribution in [2.24, 2.45) is 8.80 Å². The van der Waals surface area contributed by atoms with Crippen LogP contribution >= 0.6 is 0 Å². The number of hydrogen-bond acceptors (Lipinski definition) is 6. The summed E-state index contributed by atoms with van der Waals surface area (Å²) < 4.78 is 30.2. The van der Waals surface area contributed by atoms with Gasteiger partial charge in [0.15, 0.2) is 17.4 Å². The van der Waals surface area contributed by atoms with Gasteiger partial charge in [-0.15, -0.1) is 8.80 Å². The number of rotatable bonds is 3. The molecule has 0 unspecified atom stereocenters. The Hall–Kier alpha value is -2.62. The lowest BCUT2D eigenvalue weighted by Crippen LogP contribution is -2.38. The minimum Gasteiger partial charge on any atom is -0.505 e. The van der Waals surface area contributed by atoms with Gasteiger partial charge in [-0.05, 0) is 26.0 Å². The van der Waals surface area contributed by atoms with E-state index in [1.54, 1.807) is 20.2 Å². The smallest absolute Gasteiger partial charge is 0.367 e. The summed E-state index contributed by atoms with van der Waals surface area (Å²) in [6.07, 6.45) is 0. The number of carbonyl (C=O) groups excluding carboxylic acids is 1. The number of anilines is 1. The van der Waals surface area contributed by atoms with Crippen molar-refractivity contribution >= 4 is 33.5 Å². The molecule has 24 heavy (non-hydrogen) atoms. The predicted molar refractivity (Wildman–Crippen MR) is 91.8 cm³/mol. The minimum atomic E-state index is -3.97. The van der Waals surface area contributed by atoms with E-state index in [0.717, 1.165) is 0 Å². The van der Waals surface area contributed by atoms with E-state index in [-0.39, 0.29) is 40.6 Å². The standard InChI is InChI=1S/C14H19N5O4S/c1-8(2)15-12-13(18-24(22,23)17-12)16-10-7-5-6-9(11(10)20)14(21)19(3)4/h5-8,20H,1-4H3,(H,15,17)(H,16,18). The topological polar surface area (TPSA) is 123 Å². The zero-order chi connectivity index (χ0) is 18.1. The van der Waals surface area contributed by atoms with Crippen molar-refractivity contribution < 1.29 is 18.3 Å². The molecule has 0 fully saturated rings. The fraction of sp³-hybridized carbons (Fsp3) is 0.357. The first kappa shape index (κ1) is 17.7. The van der Waals surface area contributed by atoms with E-state index in [4.69, 9.17) is 0 Å². The predicted octanol–water partition coefficient (Wildman–Crippen LogP) is 0.559. The molecule has 0 bridgehead atoms. The highest BCUT2D eigenvalue weighted by molar-refractivity contribution is 7.89. The SMILES string of the molecule is CC(C)NC1=NS(=O)(=O)N=C1Nc1cccc(C(=O)N(C)C)c1O. The van der Waals surface area contributed by atoms with Crippen molar-refractivity contribution in [1.29, 1.82) is 0 Å². The number of nitrogens with zero attached hydrogens (tertiary/aromatic N) is 3. The number of aromatic hydroxyl groups is 1. The van der Waals surface area contributed by atoms with E-state index >= 15 is 0 Å². The van der Waals surface area contributed by atoms with E-state index in [1.165, 1.54) is 17.0 Å². The summed E-state index contributed by atoms with van der Waals surface area (Å²) in [6, 6.07) is 4.47. The highest BCUT2D eigenvalue weighted by atomic mass is 32.2. The molecule has 0 atom stereocenters. The highest BCUT2D eigenvalue weighted by Gasteiger charge is 2.26. The summed E-state index contributed by atoms with van der Waals surface area (Å²) in [6.45, 7) is 3.64. The molecule has 2 rings (SSSR count). The van der Waals surface area contributed by atoms with E-state index in [9.17, 15) is 18.3 Å². The Morgan fingerprint density at radius 3 is 2.42 bits per heavy atom. The van der Waals surface area contributed by atoms with Gasteiger partial charge in [0.05, 0.1) is 11.3 Å². The first-order valence-corrected chi connectivity index (χ1v) is 8.53. The van der Waals surface area contributed by atoms with Gasteiger partial charge in [0.1, 0.15) is 0 Å². The molecule has 130 valence electrons. The molecule has 9 nitrogen and oxygen atoms in total. The molecule has 0 saturated carbocycles. The van der Waals surface area contributed by atoms with E-state index in [1.807, 2.05) is 13.8 Å². The Bertz CT molecular complexity index is 828. The van der Waals surface area contributed by atoms with Crippen LogP contribution in [0, 0.1) is 0 Å². The van der Waals surface area contributed by atoms with Gasteiger partial charge in [-0.3, -0.25) is 4.79 Å². The molecule has 3 N–H and O–H groups in total. The number of benzene rings is 1. The quantitative estimate of drug-likeness (QED) is 0.682. The highest BCUT2D eigenvalue weighted by Crippen LogP contribution is 2.28. The van der Waals surface area contributed by atoms with Gasteiger partial charge < -0.3 is 20.6 Å². The summed E-state index contributed by atoms with van der Waals surface area (Å²) in [4.78, 5) is 13.4. The molecule has 1 aliphatic heterocycles. The van der Waals surface area contributed by atoms with Gasteiger partial charge in [-0.1, -0.05) is 6.07 Å². The number of carbonyl (C=O) groups is 1. The third kappa shape index (κ3) is 3.82. The summed E-state index contributed by atoms with van der Waals surface area (Å²) in [5, 5.41) is 15.9. The Kier molecular flexibility index (Phi) is 4.78. The van der Waals surface area contributed by atoms with Crippen LogP contribution in [-0.2, 0) is 10.2 Å². The van der Waals surface area contributed by atoms with Gasteiger partial charge in [0.25, 0.3) is 5.91 Å². The van der Waals surface area contributed by atoms with Gasteiger partial charge in [0.2, 0.25) is 0 Å². The Balaban J connectivity index is 2.36. The van der Waals surface area contributed by atoms with Gasteiger partial charge in [0, 0.05) is 20.1 Å². The normalized spacial score (nSPS) is 15.7. The fourth-order valence-corrected chi connectivity index (χ4v) is 2.75. The third-order valence-electron chi connectivity index (χ3n) is 2.99. The first-order chi connectivity index (χ1) is 11.1. The number of para-hydroxylation sites is 1. The molecule has 1 heterocycles. The number of nitrogens with one attached hydrogen (secondary N) is 2. The van der Waals surface area contributed by atoms with Crippen molar-refractivity contribution in [3.05, 3.63) is 23.8 Å².